The van der Waals surface area contributed by atoms with Gasteiger partial charge in [-0.05, 0) is 23.9 Å². The van der Waals surface area contributed by atoms with Gasteiger partial charge >= 0.3 is 5.97 Å². The molecule has 3 N–H and O–H groups in total. The minimum atomic E-state index is -1.02. The molecule has 6 heteroatoms. The number of carboxylic acid groups (broad SMARTS) is 1. The number of carboxylic acids is 1. The third kappa shape index (κ3) is 2.26. The fourth-order valence-electron chi connectivity index (χ4n) is 1.37. The molecule has 0 fully saturated rings. The zero-order valence-electron chi connectivity index (χ0n) is 9.12. The third-order valence-electron chi connectivity index (χ3n) is 2.27. The molecule has 0 saturated heterocycles. The van der Waals surface area contributed by atoms with Crippen molar-refractivity contribution in [1.82, 2.24) is 9.55 Å². The van der Waals surface area contributed by atoms with E-state index in [9.17, 15) is 4.79 Å². The highest BCUT2D eigenvalue weighted by molar-refractivity contribution is 7.99. The van der Waals surface area contributed by atoms with Crippen LogP contribution in [0, 0.1) is 0 Å². The van der Waals surface area contributed by atoms with Gasteiger partial charge in [-0.15, -0.1) is 0 Å². The molecule has 0 unspecified atom stereocenters. The van der Waals surface area contributed by atoms with Gasteiger partial charge in [-0.2, -0.15) is 0 Å². The number of hydrogen-bond acceptors (Lipinski definition) is 4. The smallest absolute Gasteiger partial charge is 0.337 e. The number of aryl methyl sites for hydroxylation is 1. The molecule has 0 spiro atoms. The fraction of sp³-hybridized carbons (Fsp3) is 0.0909. The number of nitrogen functional groups attached to an aromatic ring is 1. The van der Waals surface area contributed by atoms with E-state index in [2.05, 4.69) is 4.98 Å². The van der Waals surface area contributed by atoms with E-state index in [0.717, 1.165) is 5.16 Å². The molecule has 0 aliphatic carbocycles. The lowest BCUT2D eigenvalue weighted by Crippen LogP contribution is -2.03. The Hall–Kier alpha value is -1.95. The molecule has 2 aromatic rings. The van der Waals surface area contributed by atoms with Crippen molar-refractivity contribution in [3.63, 3.8) is 0 Å². The van der Waals surface area contributed by atoms with E-state index in [1.54, 1.807) is 18.3 Å². The first-order valence-corrected chi connectivity index (χ1v) is 5.68. The van der Waals surface area contributed by atoms with Gasteiger partial charge < -0.3 is 15.4 Å². The van der Waals surface area contributed by atoms with Crippen LogP contribution in [0.3, 0.4) is 0 Å². The van der Waals surface area contributed by atoms with Gasteiger partial charge in [0.05, 0.1) is 11.3 Å². The molecular weight excluding hydrogens is 238 g/mol. The molecule has 17 heavy (non-hydrogen) atoms. The molecular formula is C11H11N3O2S. The van der Waals surface area contributed by atoms with Crippen molar-refractivity contribution >= 4 is 23.4 Å². The summed E-state index contributed by atoms with van der Waals surface area (Å²) >= 11 is 1.34. The molecule has 2 rings (SSSR count). The summed E-state index contributed by atoms with van der Waals surface area (Å²) < 4.78 is 1.84. The highest BCUT2D eigenvalue weighted by atomic mass is 32.2. The third-order valence-corrected chi connectivity index (χ3v) is 3.43. The monoisotopic (exact) mass is 249 g/mol. The number of imidazole rings is 1. The van der Waals surface area contributed by atoms with E-state index < -0.39 is 5.97 Å². The summed E-state index contributed by atoms with van der Waals surface area (Å²) in [4.78, 5) is 15.8. The Labute approximate surface area is 102 Å². The Morgan fingerprint density at radius 2 is 2.29 bits per heavy atom. The predicted molar refractivity (Wildman–Crippen MR) is 65.1 cm³/mol. The number of nitrogens with zero attached hydrogens (tertiary/aromatic N) is 2. The maximum absolute atomic E-state index is 10.9. The highest BCUT2D eigenvalue weighted by Gasteiger charge is 2.13. The Balaban J connectivity index is 2.37. The highest BCUT2D eigenvalue weighted by Crippen LogP contribution is 2.32. The van der Waals surface area contributed by atoms with Gasteiger partial charge in [0.2, 0.25) is 0 Å². The van der Waals surface area contributed by atoms with Crippen LogP contribution in [0.15, 0.2) is 40.6 Å². The van der Waals surface area contributed by atoms with E-state index in [1.807, 2.05) is 17.8 Å². The van der Waals surface area contributed by atoms with Crippen molar-refractivity contribution in [2.45, 2.75) is 10.1 Å². The van der Waals surface area contributed by atoms with Crippen molar-refractivity contribution in [2.24, 2.45) is 7.05 Å². The van der Waals surface area contributed by atoms with Crippen molar-refractivity contribution in [1.29, 1.82) is 0 Å². The number of anilines is 1. The van der Waals surface area contributed by atoms with Crippen LogP contribution in [0.2, 0.25) is 0 Å². The van der Waals surface area contributed by atoms with E-state index in [4.69, 9.17) is 10.8 Å². The number of aromatic carboxylic acids is 1. The average molecular weight is 249 g/mol. The van der Waals surface area contributed by atoms with Crippen molar-refractivity contribution < 1.29 is 9.90 Å². The maximum atomic E-state index is 10.9. The molecule has 0 aliphatic rings. The molecule has 0 saturated carbocycles. The standard InChI is InChI=1S/C11H11N3O2S/c1-14-6-5-13-11(14)17-8-4-2-3-7(9(8)12)10(15)16/h2-6H,12H2,1H3,(H,15,16). The summed E-state index contributed by atoms with van der Waals surface area (Å²) in [6.45, 7) is 0. The van der Waals surface area contributed by atoms with Gasteiger partial charge in [0.25, 0.3) is 0 Å². The zero-order valence-corrected chi connectivity index (χ0v) is 9.94. The first kappa shape index (κ1) is 11.5. The summed E-state index contributed by atoms with van der Waals surface area (Å²) in [5.74, 6) is -1.02. The largest absolute Gasteiger partial charge is 0.478 e. The average Bonchev–Trinajstić information content (AvgIpc) is 2.67. The van der Waals surface area contributed by atoms with Gasteiger partial charge in [-0.25, -0.2) is 9.78 Å². The molecule has 0 aliphatic heterocycles. The molecule has 0 bridgehead atoms. The Morgan fingerprint density at radius 1 is 1.53 bits per heavy atom. The lowest BCUT2D eigenvalue weighted by Gasteiger charge is -2.07. The van der Waals surface area contributed by atoms with Crippen LogP contribution in [-0.4, -0.2) is 20.6 Å². The minimum absolute atomic E-state index is 0.115. The van der Waals surface area contributed by atoms with Crippen LogP contribution in [0.1, 0.15) is 10.4 Å². The summed E-state index contributed by atoms with van der Waals surface area (Å²) in [5, 5.41) is 9.72. The SMILES string of the molecule is Cn1ccnc1Sc1cccc(C(=O)O)c1N. The number of benzene rings is 1. The molecule has 0 radical (unpaired) electrons. The van der Waals surface area contributed by atoms with E-state index in [0.29, 0.717) is 4.90 Å². The summed E-state index contributed by atoms with van der Waals surface area (Å²) in [7, 11) is 1.87. The summed E-state index contributed by atoms with van der Waals surface area (Å²) in [5.41, 5.74) is 6.20. The predicted octanol–water partition coefficient (Wildman–Crippen LogP) is 1.85. The van der Waals surface area contributed by atoms with Crippen LogP contribution < -0.4 is 5.73 Å². The molecule has 88 valence electrons. The number of para-hydroxylation sites is 1. The number of aromatic nitrogens is 2. The topological polar surface area (TPSA) is 81.1 Å². The van der Waals surface area contributed by atoms with Crippen LogP contribution in [0.4, 0.5) is 5.69 Å². The van der Waals surface area contributed by atoms with E-state index >= 15 is 0 Å². The summed E-state index contributed by atoms with van der Waals surface area (Å²) in [6.07, 6.45) is 3.50. The number of rotatable bonds is 3. The van der Waals surface area contributed by atoms with Gasteiger partial charge in [0, 0.05) is 24.3 Å². The Kier molecular flexibility index (Phi) is 3.06. The lowest BCUT2D eigenvalue weighted by molar-refractivity contribution is 0.0698. The lowest BCUT2D eigenvalue weighted by atomic mass is 10.2. The number of carbonyl (C=O) groups is 1. The van der Waals surface area contributed by atoms with Gasteiger partial charge in [0.15, 0.2) is 5.16 Å². The van der Waals surface area contributed by atoms with Crippen LogP contribution in [-0.2, 0) is 7.05 Å². The summed E-state index contributed by atoms with van der Waals surface area (Å²) in [6, 6.07) is 4.94. The quantitative estimate of drug-likeness (QED) is 0.811. The van der Waals surface area contributed by atoms with Crippen LogP contribution in [0.25, 0.3) is 0 Å². The van der Waals surface area contributed by atoms with E-state index in [1.165, 1.54) is 17.8 Å². The second kappa shape index (κ2) is 4.50. The van der Waals surface area contributed by atoms with E-state index in [-0.39, 0.29) is 11.3 Å². The molecule has 0 amide bonds. The van der Waals surface area contributed by atoms with Gasteiger partial charge in [0.1, 0.15) is 0 Å². The Morgan fingerprint density at radius 3 is 2.88 bits per heavy atom. The van der Waals surface area contributed by atoms with Gasteiger partial charge in [-0.3, -0.25) is 0 Å². The van der Waals surface area contributed by atoms with Crippen molar-refractivity contribution in [2.75, 3.05) is 5.73 Å². The van der Waals surface area contributed by atoms with Crippen LogP contribution in [0.5, 0.6) is 0 Å². The molecule has 5 nitrogen and oxygen atoms in total. The number of nitrogens with two attached hydrogens (primary N) is 1. The van der Waals surface area contributed by atoms with Gasteiger partial charge in [-0.1, -0.05) is 6.07 Å². The fourth-order valence-corrected chi connectivity index (χ4v) is 2.25. The first-order valence-electron chi connectivity index (χ1n) is 4.86. The zero-order chi connectivity index (χ0) is 12.4. The molecule has 1 aromatic carbocycles. The molecule has 1 aromatic heterocycles. The maximum Gasteiger partial charge on any atom is 0.337 e. The molecule has 0 atom stereocenters. The molecule has 1 heterocycles. The number of hydrogen-bond donors (Lipinski definition) is 2. The van der Waals surface area contributed by atoms with Crippen molar-refractivity contribution in [3.05, 3.63) is 36.2 Å². The van der Waals surface area contributed by atoms with Crippen molar-refractivity contribution in [3.8, 4) is 0 Å². The normalized spacial score (nSPS) is 10.4. The minimum Gasteiger partial charge on any atom is -0.478 e. The van der Waals surface area contributed by atoms with Crippen LogP contribution >= 0.6 is 11.8 Å². The Bertz CT molecular complexity index is 566. The first-order chi connectivity index (χ1) is 8.09. The second-order valence-corrected chi connectivity index (χ2v) is 4.45. The second-order valence-electron chi connectivity index (χ2n) is 3.45.